The Bertz CT molecular complexity index is 1280. The van der Waals surface area contributed by atoms with E-state index in [2.05, 4.69) is 92.7 Å². The fourth-order valence-corrected chi connectivity index (χ4v) is 5.18. The molecular weight excluding hydrogens is 438 g/mol. The summed E-state index contributed by atoms with van der Waals surface area (Å²) in [5.74, 6) is 2.45. The number of rotatable bonds is 6. The topological polar surface area (TPSA) is 39.9 Å². The van der Waals surface area contributed by atoms with E-state index in [9.17, 15) is 0 Å². The molecule has 5 heteroatoms. The third-order valence-corrected chi connectivity index (χ3v) is 7.12. The molecule has 176 valence electrons. The Balaban J connectivity index is 1.73. The van der Waals surface area contributed by atoms with E-state index >= 15 is 0 Å². The van der Waals surface area contributed by atoms with Crippen molar-refractivity contribution in [3.8, 4) is 22.8 Å². The highest BCUT2D eigenvalue weighted by Gasteiger charge is 2.19. The minimum atomic E-state index is 0.137. The normalized spacial score (nSPS) is 11.6. The largest absolute Gasteiger partial charge is 0.497 e. The van der Waals surface area contributed by atoms with Crippen LogP contribution >= 0.6 is 11.8 Å². The lowest BCUT2D eigenvalue weighted by molar-refractivity contribution is 0.415. The van der Waals surface area contributed by atoms with Crippen molar-refractivity contribution in [2.24, 2.45) is 0 Å². The predicted octanol–water partition coefficient (Wildman–Crippen LogP) is 7.46. The van der Waals surface area contributed by atoms with Crippen LogP contribution in [0.3, 0.4) is 0 Å². The van der Waals surface area contributed by atoms with Crippen molar-refractivity contribution in [1.29, 1.82) is 0 Å². The molecule has 0 fully saturated rings. The van der Waals surface area contributed by atoms with Gasteiger partial charge in [-0.3, -0.25) is 4.57 Å². The van der Waals surface area contributed by atoms with Crippen molar-refractivity contribution in [3.63, 3.8) is 0 Å². The number of ether oxygens (including phenoxy) is 1. The maximum atomic E-state index is 5.45. The van der Waals surface area contributed by atoms with Crippen LogP contribution in [0.5, 0.6) is 5.75 Å². The van der Waals surface area contributed by atoms with Crippen LogP contribution in [0.4, 0.5) is 0 Å². The summed E-state index contributed by atoms with van der Waals surface area (Å²) in [7, 11) is 1.68. The van der Waals surface area contributed by atoms with E-state index < -0.39 is 0 Å². The van der Waals surface area contributed by atoms with Gasteiger partial charge in [-0.05, 0) is 72.7 Å². The number of aromatic nitrogens is 3. The second kappa shape index (κ2) is 9.67. The Kier molecular flexibility index (Phi) is 6.85. The molecule has 34 heavy (non-hydrogen) atoms. The number of benzene rings is 3. The highest BCUT2D eigenvalue weighted by atomic mass is 32.2. The molecule has 1 heterocycles. The fourth-order valence-electron chi connectivity index (χ4n) is 4.03. The lowest BCUT2D eigenvalue weighted by atomic mass is 9.84. The van der Waals surface area contributed by atoms with Crippen LogP contribution in [0.1, 0.15) is 48.6 Å². The van der Waals surface area contributed by atoms with Gasteiger partial charge in [0.1, 0.15) is 5.75 Å². The monoisotopic (exact) mass is 471 g/mol. The smallest absolute Gasteiger partial charge is 0.196 e. The molecule has 0 bridgehead atoms. The van der Waals surface area contributed by atoms with Crippen molar-refractivity contribution in [1.82, 2.24) is 14.8 Å². The molecule has 0 radical (unpaired) electrons. The number of thioether (sulfide) groups is 1. The van der Waals surface area contributed by atoms with Gasteiger partial charge in [0, 0.05) is 17.0 Å². The average Bonchev–Trinajstić information content (AvgIpc) is 3.22. The maximum absolute atomic E-state index is 5.45. The summed E-state index contributed by atoms with van der Waals surface area (Å²) in [5.41, 5.74) is 8.77. The molecule has 0 unspecified atom stereocenters. The average molecular weight is 472 g/mol. The quantitative estimate of drug-likeness (QED) is 0.274. The molecule has 0 atom stereocenters. The first-order valence-corrected chi connectivity index (χ1v) is 12.6. The Labute approximate surface area is 207 Å². The number of hydrogen-bond acceptors (Lipinski definition) is 4. The van der Waals surface area contributed by atoms with Gasteiger partial charge >= 0.3 is 0 Å². The lowest BCUT2D eigenvalue weighted by Crippen LogP contribution is -2.12. The van der Waals surface area contributed by atoms with E-state index in [1.165, 1.54) is 27.8 Å². The minimum absolute atomic E-state index is 0.137. The Hall–Kier alpha value is -3.05. The third-order valence-electron chi connectivity index (χ3n) is 6.16. The van der Waals surface area contributed by atoms with Gasteiger partial charge < -0.3 is 4.74 Å². The van der Waals surface area contributed by atoms with Crippen molar-refractivity contribution in [2.45, 2.75) is 57.9 Å². The molecule has 0 saturated carbocycles. The summed E-state index contributed by atoms with van der Waals surface area (Å²) in [6.07, 6.45) is 0. The first-order valence-electron chi connectivity index (χ1n) is 11.6. The molecule has 3 aromatic carbocycles. The summed E-state index contributed by atoms with van der Waals surface area (Å²) < 4.78 is 7.59. The van der Waals surface area contributed by atoms with Crippen molar-refractivity contribution in [2.75, 3.05) is 7.11 Å². The Morgan fingerprint density at radius 3 is 2.18 bits per heavy atom. The second-order valence-electron chi connectivity index (χ2n) is 9.84. The third kappa shape index (κ3) is 5.05. The molecule has 0 saturated heterocycles. The molecule has 0 spiro atoms. The van der Waals surface area contributed by atoms with E-state index in [-0.39, 0.29) is 5.41 Å². The fraction of sp³-hybridized carbons (Fsp3) is 0.310. The van der Waals surface area contributed by atoms with Gasteiger partial charge in [0.2, 0.25) is 0 Å². The number of nitrogens with zero attached hydrogens (tertiary/aromatic N) is 3. The number of aryl methyl sites for hydroxylation is 3. The molecule has 4 aromatic rings. The summed E-state index contributed by atoms with van der Waals surface area (Å²) >= 11 is 1.72. The highest BCUT2D eigenvalue weighted by Crippen LogP contribution is 2.34. The van der Waals surface area contributed by atoms with Gasteiger partial charge in [0.05, 0.1) is 7.11 Å². The second-order valence-corrected chi connectivity index (χ2v) is 10.8. The number of methoxy groups -OCH3 is 1. The molecule has 0 amide bonds. The van der Waals surface area contributed by atoms with Gasteiger partial charge in [0.25, 0.3) is 0 Å². The van der Waals surface area contributed by atoms with E-state index in [1.807, 2.05) is 24.3 Å². The molecule has 0 N–H and O–H groups in total. The van der Waals surface area contributed by atoms with Crippen LogP contribution in [-0.4, -0.2) is 21.9 Å². The van der Waals surface area contributed by atoms with E-state index in [1.54, 1.807) is 18.9 Å². The summed E-state index contributed by atoms with van der Waals surface area (Å²) in [6.45, 7) is 13.3. The Morgan fingerprint density at radius 1 is 0.882 bits per heavy atom. The van der Waals surface area contributed by atoms with Gasteiger partial charge in [0.15, 0.2) is 11.0 Å². The first-order chi connectivity index (χ1) is 16.2. The molecule has 1 aromatic heterocycles. The zero-order chi connectivity index (χ0) is 24.5. The van der Waals surface area contributed by atoms with Crippen molar-refractivity contribution in [3.05, 3.63) is 88.5 Å². The maximum Gasteiger partial charge on any atom is 0.196 e. The van der Waals surface area contributed by atoms with Crippen LogP contribution in [0.15, 0.2) is 65.8 Å². The van der Waals surface area contributed by atoms with Crippen LogP contribution in [0.25, 0.3) is 17.1 Å². The molecule has 0 aliphatic rings. The highest BCUT2D eigenvalue weighted by molar-refractivity contribution is 7.98. The van der Waals surface area contributed by atoms with Gasteiger partial charge in [-0.1, -0.05) is 74.5 Å². The zero-order valence-electron chi connectivity index (χ0n) is 21.1. The van der Waals surface area contributed by atoms with Crippen LogP contribution < -0.4 is 4.74 Å². The SMILES string of the molecule is COc1cccc(-c2nnc(SCc3c(C)cc(C(C)(C)C)cc3C)n2-c2ccc(C)cc2)c1. The van der Waals surface area contributed by atoms with Gasteiger partial charge in [-0.25, -0.2) is 0 Å². The van der Waals surface area contributed by atoms with Crippen LogP contribution in [-0.2, 0) is 11.2 Å². The molecule has 0 aliphatic carbocycles. The number of hydrogen-bond donors (Lipinski definition) is 0. The predicted molar refractivity (Wildman–Crippen MR) is 142 cm³/mol. The first kappa shape index (κ1) is 24.1. The van der Waals surface area contributed by atoms with Gasteiger partial charge in [-0.2, -0.15) is 0 Å². The zero-order valence-corrected chi connectivity index (χ0v) is 22.0. The standard InChI is InChI=1S/C29H33N3OS/c1-19-11-13-24(14-12-19)32-27(22-9-8-10-25(17-22)33-7)30-31-28(32)34-18-26-20(2)15-23(16-21(26)3)29(4,5)6/h8-17H,18H2,1-7H3. The molecule has 4 nitrogen and oxygen atoms in total. The summed E-state index contributed by atoms with van der Waals surface area (Å²) in [6, 6.07) is 21.1. The molecule has 0 aliphatic heterocycles. The lowest BCUT2D eigenvalue weighted by Gasteiger charge is -2.22. The minimum Gasteiger partial charge on any atom is -0.497 e. The summed E-state index contributed by atoms with van der Waals surface area (Å²) in [5, 5.41) is 10.1. The van der Waals surface area contributed by atoms with E-state index in [0.717, 1.165) is 33.7 Å². The van der Waals surface area contributed by atoms with Crippen molar-refractivity contribution >= 4 is 11.8 Å². The van der Waals surface area contributed by atoms with Crippen molar-refractivity contribution < 1.29 is 4.74 Å². The molecular formula is C29H33N3OS. The van der Waals surface area contributed by atoms with E-state index in [4.69, 9.17) is 4.74 Å². The summed E-state index contributed by atoms with van der Waals surface area (Å²) in [4.78, 5) is 0. The van der Waals surface area contributed by atoms with Gasteiger partial charge in [-0.15, -0.1) is 10.2 Å². The van der Waals surface area contributed by atoms with E-state index in [0.29, 0.717) is 0 Å². The van der Waals surface area contributed by atoms with Crippen LogP contribution in [0.2, 0.25) is 0 Å². The molecule has 4 rings (SSSR count). The van der Waals surface area contributed by atoms with Crippen LogP contribution in [0, 0.1) is 20.8 Å². The Morgan fingerprint density at radius 2 is 1.56 bits per heavy atom.